The maximum Gasteiger partial charge on any atom is 0.0464 e. The highest BCUT2D eigenvalue weighted by Gasteiger charge is 2.11. The lowest BCUT2D eigenvalue weighted by molar-refractivity contribution is 0.668. The molecule has 1 aliphatic carbocycles. The second-order valence-electron chi connectivity index (χ2n) is 4.19. The fraction of sp³-hybridized carbons (Fsp3) is 0.400. The van der Waals surface area contributed by atoms with Crippen LogP contribution in [0.4, 0.5) is 0 Å². The molecular weight excluding hydrogens is 180 g/mol. The van der Waals surface area contributed by atoms with E-state index in [0.717, 1.165) is 0 Å². The predicted molar refractivity (Wildman–Crippen MR) is 65.5 cm³/mol. The standard InChI is InChI=1S/C15H18/c1-2-3-4-5-8-13-11-14-9-6-7-10-15(14)12-13/h6-7,9-11H,2-5,8H2,1H3. The van der Waals surface area contributed by atoms with Crippen LogP contribution in [0.15, 0.2) is 29.8 Å². The quantitative estimate of drug-likeness (QED) is 0.612. The Hall–Kier alpha value is -1.04. The molecule has 1 aromatic carbocycles. The van der Waals surface area contributed by atoms with Crippen molar-refractivity contribution < 1.29 is 0 Å². The van der Waals surface area contributed by atoms with E-state index in [-0.39, 0.29) is 0 Å². The average molecular weight is 198 g/mol. The zero-order chi connectivity index (χ0) is 10.5. The molecule has 0 heteroatoms. The van der Waals surface area contributed by atoms with Crippen molar-refractivity contribution in [3.8, 4) is 0 Å². The van der Waals surface area contributed by atoms with Crippen LogP contribution in [0.2, 0.25) is 0 Å². The molecule has 0 bridgehead atoms. The van der Waals surface area contributed by atoms with E-state index in [9.17, 15) is 0 Å². The summed E-state index contributed by atoms with van der Waals surface area (Å²) in [5.41, 5.74) is 3.98. The van der Waals surface area contributed by atoms with Crippen LogP contribution in [0.1, 0.15) is 50.2 Å². The van der Waals surface area contributed by atoms with E-state index >= 15 is 0 Å². The van der Waals surface area contributed by atoms with Crippen molar-refractivity contribution in [3.05, 3.63) is 47.4 Å². The molecule has 0 saturated carbocycles. The van der Waals surface area contributed by atoms with Gasteiger partial charge in [0.05, 0.1) is 0 Å². The number of unbranched alkanes of at least 4 members (excludes halogenated alkanes) is 3. The summed E-state index contributed by atoms with van der Waals surface area (Å²) in [5, 5.41) is 0. The number of benzene rings is 1. The van der Waals surface area contributed by atoms with Crippen molar-refractivity contribution in [1.29, 1.82) is 0 Å². The molecule has 0 N–H and O–H groups in total. The van der Waals surface area contributed by atoms with Gasteiger partial charge in [-0.05, 0) is 24.0 Å². The van der Waals surface area contributed by atoms with Crippen LogP contribution in [-0.4, -0.2) is 0 Å². The largest absolute Gasteiger partial charge is 0.0654 e. The summed E-state index contributed by atoms with van der Waals surface area (Å²) in [7, 11) is 0. The van der Waals surface area contributed by atoms with Gasteiger partial charge in [0, 0.05) is 6.42 Å². The Morgan fingerprint density at radius 3 is 2.73 bits per heavy atom. The summed E-state index contributed by atoms with van der Waals surface area (Å²) in [6, 6.07) is 8.49. The van der Waals surface area contributed by atoms with Crippen molar-refractivity contribution in [2.75, 3.05) is 0 Å². The molecule has 0 atom stereocenters. The van der Waals surface area contributed by atoms with Crippen LogP contribution in [0, 0.1) is 6.42 Å². The van der Waals surface area contributed by atoms with Crippen molar-refractivity contribution in [3.63, 3.8) is 0 Å². The molecule has 2 rings (SSSR count). The first-order valence-corrected chi connectivity index (χ1v) is 5.97. The molecule has 1 aliphatic rings. The second-order valence-corrected chi connectivity index (χ2v) is 4.19. The molecule has 78 valence electrons. The fourth-order valence-electron chi connectivity index (χ4n) is 2.01. The van der Waals surface area contributed by atoms with Crippen molar-refractivity contribution in [2.45, 2.75) is 39.0 Å². The molecule has 0 aromatic heterocycles. The Morgan fingerprint density at radius 2 is 1.93 bits per heavy atom. The first-order valence-electron chi connectivity index (χ1n) is 5.97. The summed E-state index contributed by atoms with van der Waals surface area (Å²) < 4.78 is 0. The molecule has 1 aromatic rings. The maximum absolute atomic E-state index is 3.47. The first-order chi connectivity index (χ1) is 7.40. The van der Waals surface area contributed by atoms with Crippen LogP contribution in [0.5, 0.6) is 0 Å². The monoisotopic (exact) mass is 198 g/mol. The van der Waals surface area contributed by atoms with E-state index in [4.69, 9.17) is 0 Å². The zero-order valence-electron chi connectivity index (χ0n) is 9.42. The summed E-state index contributed by atoms with van der Waals surface area (Å²) in [6.07, 6.45) is 12.3. The Morgan fingerprint density at radius 1 is 1.07 bits per heavy atom. The zero-order valence-corrected chi connectivity index (χ0v) is 9.42. The number of rotatable bonds is 5. The van der Waals surface area contributed by atoms with Crippen LogP contribution >= 0.6 is 0 Å². The Bertz CT molecular complexity index is 347. The first kappa shape index (κ1) is 10.5. The van der Waals surface area contributed by atoms with Gasteiger partial charge in [0.15, 0.2) is 0 Å². The summed E-state index contributed by atoms with van der Waals surface area (Å²) >= 11 is 0. The minimum absolute atomic E-state index is 1.19. The van der Waals surface area contributed by atoms with Gasteiger partial charge in [-0.3, -0.25) is 0 Å². The topological polar surface area (TPSA) is 0 Å². The molecule has 0 aliphatic heterocycles. The van der Waals surface area contributed by atoms with Gasteiger partial charge in [0.2, 0.25) is 0 Å². The third-order valence-electron chi connectivity index (χ3n) is 2.89. The van der Waals surface area contributed by atoms with E-state index < -0.39 is 0 Å². The van der Waals surface area contributed by atoms with Crippen LogP contribution in [-0.2, 0) is 0 Å². The third-order valence-corrected chi connectivity index (χ3v) is 2.89. The minimum atomic E-state index is 1.19. The molecule has 0 unspecified atom stereocenters. The Kier molecular flexibility index (Phi) is 3.60. The fourth-order valence-corrected chi connectivity index (χ4v) is 2.01. The van der Waals surface area contributed by atoms with E-state index in [1.807, 2.05) is 0 Å². The molecule has 0 spiro atoms. The normalized spacial score (nSPS) is 13.8. The highest BCUT2D eigenvalue weighted by atomic mass is 14.2. The Balaban J connectivity index is 1.83. The van der Waals surface area contributed by atoms with Gasteiger partial charge in [0.25, 0.3) is 0 Å². The van der Waals surface area contributed by atoms with Gasteiger partial charge in [-0.15, -0.1) is 0 Å². The molecule has 0 heterocycles. The number of fused-ring (bicyclic) bond motifs is 1. The van der Waals surface area contributed by atoms with Crippen LogP contribution in [0.3, 0.4) is 0 Å². The van der Waals surface area contributed by atoms with Crippen LogP contribution < -0.4 is 0 Å². The molecule has 0 saturated heterocycles. The molecule has 0 nitrogen and oxygen atoms in total. The number of hydrogen-bond donors (Lipinski definition) is 0. The molecule has 15 heavy (non-hydrogen) atoms. The SMILES string of the molecule is CCCCCCC1=Cc2ccccc2[C]1. The van der Waals surface area contributed by atoms with E-state index in [2.05, 4.69) is 43.7 Å². The summed E-state index contributed by atoms with van der Waals surface area (Å²) in [5.74, 6) is 0. The van der Waals surface area contributed by atoms with Gasteiger partial charge >= 0.3 is 0 Å². The van der Waals surface area contributed by atoms with Gasteiger partial charge in [-0.25, -0.2) is 0 Å². The van der Waals surface area contributed by atoms with Crippen molar-refractivity contribution in [2.24, 2.45) is 0 Å². The molecule has 0 fully saturated rings. The van der Waals surface area contributed by atoms with E-state index in [1.54, 1.807) is 0 Å². The van der Waals surface area contributed by atoms with Crippen molar-refractivity contribution in [1.82, 2.24) is 0 Å². The van der Waals surface area contributed by atoms with E-state index in [0.29, 0.717) is 0 Å². The minimum Gasteiger partial charge on any atom is -0.0654 e. The average Bonchev–Trinajstić information content (AvgIpc) is 2.67. The van der Waals surface area contributed by atoms with Crippen LogP contribution in [0.25, 0.3) is 6.08 Å². The predicted octanol–water partition coefficient (Wildman–Crippen LogP) is 4.48. The second kappa shape index (κ2) is 5.16. The highest BCUT2D eigenvalue weighted by Crippen LogP contribution is 2.29. The molecule has 0 amide bonds. The third kappa shape index (κ3) is 2.71. The lowest BCUT2D eigenvalue weighted by atomic mass is 10.0. The molecular formula is C15H18. The lowest BCUT2D eigenvalue weighted by Crippen LogP contribution is -1.83. The summed E-state index contributed by atoms with van der Waals surface area (Å²) in [4.78, 5) is 0. The van der Waals surface area contributed by atoms with Gasteiger partial charge in [0.1, 0.15) is 0 Å². The van der Waals surface area contributed by atoms with Gasteiger partial charge < -0.3 is 0 Å². The van der Waals surface area contributed by atoms with E-state index in [1.165, 1.54) is 48.8 Å². The van der Waals surface area contributed by atoms with Gasteiger partial charge in [-0.2, -0.15) is 0 Å². The smallest absolute Gasteiger partial charge is 0.0464 e. The summed E-state index contributed by atoms with van der Waals surface area (Å²) in [6.45, 7) is 2.25. The molecule has 2 radical (unpaired) electrons. The van der Waals surface area contributed by atoms with Crippen molar-refractivity contribution >= 4 is 6.08 Å². The maximum atomic E-state index is 3.47. The number of hydrogen-bond acceptors (Lipinski definition) is 0. The lowest BCUT2D eigenvalue weighted by Gasteiger charge is -2.00. The Labute approximate surface area is 93.0 Å². The number of allylic oxidation sites excluding steroid dienone is 1. The van der Waals surface area contributed by atoms with Gasteiger partial charge in [-0.1, -0.05) is 62.1 Å². The highest BCUT2D eigenvalue weighted by molar-refractivity contribution is 5.68.